The van der Waals surface area contributed by atoms with Gasteiger partial charge >= 0.3 is 0 Å². The zero-order valence-corrected chi connectivity index (χ0v) is 15.4. The van der Waals surface area contributed by atoms with E-state index in [2.05, 4.69) is 6.07 Å². The van der Waals surface area contributed by atoms with Crippen molar-refractivity contribution < 1.29 is 14.3 Å². The Morgan fingerprint density at radius 1 is 0.815 bits per heavy atom. The van der Waals surface area contributed by atoms with E-state index in [1.807, 2.05) is 52.3 Å². The molecule has 0 radical (unpaired) electrons. The maximum atomic E-state index is 12.6. The van der Waals surface area contributed by atoms with Gasteiger partial charge in [-0.3, -0.25) is 9.59 Å². The first-order valence-electron chi connectivity index (χ1n) is 9.53. The minimum Gasteiger partial charge on any atom is -0.493 e. The molecular formula is C22H24N2O3. The minimum atomic E-state index is 0.129. The van der Waals surface area contributed by atoms with Gasteiger partial charge < -0.3 is 14.5 Å². The molecule has 1 saturated heterocycles. The highest BCUT2D eigenvalue weighted by Gasteiger charge is 2.24. The highest BCUT2D eigenvalue weighted by molar-refractivity contribution is 5.81. The first kappa shape index (κ1) is 17.6. The van der Waals surface area contributed by atoms with Gasteiger partial charge in [0.1, 0.15) is 5.75 Å². The molecule has 0 saturated carbocycles. The van der Waals surface area contributed by atoms with E-state index in [1.165, 1.54) is 5.56 Å². The van der Waals surface area contributed by atoms with Crippen LogP contribution in [0.3, 0.4) is 0 Å². The Labute approximate surface area is 159 Å². The van der Waals surface area contributed by atoms with Gasteiger partial charge in [0.25, 0.3) is 0 Å². The van der Waals surface area contributed by atoms with Crippen LogP contribution in [0.1, 0.15) is 16.7 Å². The second-order valence-electron chi connectivity index (χ2n) is 7.14. The number of carbonyl (C=O) groups is 2. The molecule has 1 fully saturated rings. The average Bonchev–Trinajstić information content (AvgIpc) is 3.16. The molecule has 140 valence electrons. The molecule has 0 unspecified atom stereocenters. The van der Waals surface area contributed by atoms with Gasteiger partial charge in [-0.15, -0.1) is 0 Å². The van der Waals surface area contributed by atoms with Crippen LogP contribution in [0, 0.1) is 0 Å². The first-order valence-corrected chi connectivity index (χ1v) is 9.53. The van der Waals surface area contributed by atoms with Crippen LogP contribution in [0.25, 0.3) is 0 Å². The summed E-state index contributed by atoms with van der Waals surface area (Å²) in [5.74, 6) is 1.20. The second-order valence-corrected chi connectivity index (χ2v) is 7.14. The summed E-state index contributed by atoms with van der Waals surface area (Å²) >= 11 is 0. The maximum absolute atomic E-state index is 12.6. The molecule has 0 aliphatic carbocycles. The molecule has 2 aromatic rings. The molecule has 0 bridgehead atoms. The van der Waals surface area contributed by atoms with Gasteiger partial charge in [0.05, 0.1) is 19.4 Å². The lowest BCUT2D eigenvalue weighted by molar-refractivity contribution is -0.138. The molecule has 0 aromatic heterocycles. The third-order valence-electron chi connectivity index (χ3n) is 5.29. The van der Waals surface area contributed by atoms with Crippen molar-refractivity contribution in [3.8, 4) is 5.75 Å². The van der Waals surface area contributed by atoms with Crippen molar-refractivity contribution in [2.24, 2.45) is 0 Å². The monoisotopic (exact) mass is 364 g/mol. The van der Waals surface area contributed by atoms with Crippen LogP contribution in [0.15, 0.2) is 48.5 Å². The van der Waals surface area contributed by atoms with Crippen molar-refractivity contribution in [1.82, 2.24) is 9.80 Å². The Morgan fingerprint density at radius 2 is 1.44 bits per heavy atom. The van der Waals surface area contributed by atoms with E-state index in [1.54, 1.807) is 0 Å². The molecule has 2 aromatic carbocycles. The van der Waals surface area contributed by atoms with Crippen LogP contribution in [-0.4, -0.2) is 54.4 Å². The van der Waals surface area contributed by atoms with Crippen LogP contribution >= 0.6 is 0 Å². The number of piperazine rings is 1. The molecule has 0 atom stereocenters. The molecule has 2 heterocycles. The van der Waals surface area contributed by atoms with Gasteiger partial charge in [0.15, 0.2) is 0 Å². The quantitative estimate of drug-likeness (QED) is 0.835. The molecule has 0 N–H and O–H groups in total. The lowest BCUT2D eigenvalue weighted by Crippen LogP contribution is -2.51. The first-order chi connectivity index (χ1) is 13.2. The van der Waals surface area contributed by atoms with Crippen molar-refractivity contribution in [3.05, 3.63) is 65.2 Å². The zero-order valence-electron chi connectivity index (χ0n) is 15.4. The summed E-state index contributed by atoms with van der Waals surface area (Å²) in [6.45, 7) is 3.15. The number of nitrogens with zero attached hydrogens (tertiary/aromatic N) is 2. The molecule has 5 heteroatoms. The van der Waals surface area contributed by atoms with Crippen molar-refractivity contribution in [3.63, 3.8) is 0 Å². The molecule has 2 amide bonds. The highest BCUT2D eigenvalue weighted by atomic mass is 16.5. The van der Waals surface area contributed by atoms with Crippen molar-refractivity contribution >= 4 is 11.8 Å². The van der Waals surface area contributed by atoms with E-state index in [-0.39, 0.29) is 11.8 Å². The normalized spacial score (nSPS) is 16.0. The summed E-state index contributed by atoms with van der Waals surface area (Å²) in [5, 5.41) is 0. The molecule has 5 nitrogen and oxygen atoms in total. The van der Waals surface area contributed by atoms with E-state index in [0.717, 1.165) is 29.9 Å². The van der Waals surface area contributed by atoms with E-state index in [9.17, 15) is 9.59 Å². The number of amides is 2. The van der Waals surface area contributed by atoms with E-state index in [4.69, 9.17) is 4.74 Å². The van der Waals surface area contributed by atoms with E-state index >= 15 is 0 Å². The maximum Gasteiger partial charge on any atom is 0.227 e. The van der Waals surface area contributed by atoms with E-state index in [0.29, 0.717) is 39.0 Å². The summed E-state index contributed by atoms with van der Waals surface area (Å²) in [6.07, 6.45) is 1.75. The van der Waals surface area contributed by atoms with Gasteiger partial charge in [-0.25, -0.2) is 0 Å². The third-order valence-corrected chi connectivity index (χ3v) is 5.29. The molecule has 4 rings (SSSR count). The number of hydrogen-bond acceptors (Lipinski definition) is 3. The standard InChI is InChI=1S/C22H24N2O3/c25-21(15-17-4-2-1-3-5-17)23-9-11-24(12-10-23)22(26)16-18-6-7-20-19(14-18)8-13-27-20/h1-7,14H,8-13,15-16H2. The zero-order chi connectivity index (χ0) is 18.6. The van der Waals surface area contributed by atoms with Gasteiger partial charge in [-0.1, -0.05) is 42.5 Å². The van der Waals surface area contributed by atoms with E-state index < -0.39 is 0 Å². The minimum absolute atomic E-state index is 0.129. The van der Waals surface area contributed by atoms with Gasteiger partial charge in [-0.2, -0.15) is 0 Å². The largest absolute Gasteiger partial charge is 0.493 e. The number of rotatable bonds is 4. The van der Waals surface area contributed by atoms with Crippen LogP contribution in [0.5, 0.6) is 5.75 Å². The fraction of sp³-hybridized carbons (Fsp3) is 0.364. The van der Waals surface area contributed by atoms with Gasteiger partial charge in [-0.05, 0) is 22.8 Å². The average molecular weight is 364 g/mol. The summed E-state index contributed by atoms with van der Waals surface area (Å²) in [5.41, 5.74) is 3.25. The number of hydrogen-bond donors (Lipinski definition) is 0. The van der Waals surface area contributed by atoms with Crippen LogP contribution in [-0.2, 0) is 28.9 Å². The Bertz CT molecular complexity index is 827. The summed E-state index contributed by atoms with van der Waals surface area (Å²) in [6, 6.07) is 15.8. The van der Waals surface area contributed by atoms with Crippen molar-refractivity contribution in [1.29, 1.82) is 0 Å². The Hall–Kier alpha value is -2.82. The molecular weight excluding hydrogens is 340 g/mol. The lowest BCUT2D eigenvalue weighted by Gasteiger charge is -2.35. The van der Waals surface area contributed by atoms with Crippen LogP contribution < -0.4 is 4.74 Å². The van der Waals surface area contributed by atoms with Gasteiger partial charge in [0.2, 0.25) is 11.8 Å². The topological polar surface area (TPSA) is 49.9 Å². The van der Waals surface area contributed by atoms with Crippen molar-refractivity contribution in [2.75, 3.05) is 32.8 Å². The predicted octanol–water partition coefficient (Wildman–Crippen LogP) is 2.08. The van der Waals surface area contributed by atoms with Crippen LogP contribution in [0.4, 0.5) is 0 Å². The molecule has 27 heavy (non-hydrogen) atoms. The SMILES string of the molecule is O=C(Cc1ccccc1)N1CCN(C(=O)Cc2ccc3c(c2)CCO3)CC1. The Balaban J connectivity index is 1.28. The fourth-order valence-corrected chi connectivity index (χ4v) is 3.72. The molecule has 2 aliphatic rings. The highest BCUT2D eigenvalue weighted by Crippen LogP contribution is 2.26. The third kappa shape index (κ3) is 4.13. The second kappa shape index (κ2) is 7.82. The fourth-order valence-electron chi connectivity index (χ4n) is 3.72. The van der Waals surface area contributed by atoms with Crippen LogP contribution in [0.2, 0.25) is 0 Å². The summed E-state index contributed by atoms with van der Waals surface area (Å²) in [7, 11) is 0. The molecule has 2 aliphatic heterocycles. The summed E-state index contributed by atoms with van der Waals surface area (Å²) < 4.78 is 5.52. The lowest BCUT2D eigenvalue weighted by atomic mass is 10.1. The number of benzene rings is 2. The summed E-state index contributed by atoms with van der Waals surface area (Å²) in [4.78, 5) is 28.8. The number of ether oxygens (including phenoxy) is 1. The molecule has 0 spiro atoms. The number of carbonyl (C=O) groups excluding carboxylic acids is 2. The van der Waals surface area contributed by atoms with Gasteiger partial charge in [0, 0.05) is 32.6 Å². The smallest absolute Gasteiger partial charge is 0.227 e. The predicted molar refractivity (Wildman–Crippen MR) is 103 cm³/mol. The van der Waals surface area contributed by atoms with Crippen molar-refractivity contribution in [2.45, 2.75) is 19.3 Å². The number of fused-ring (bicyclic) bond motifs is 1. The Kier molecular flexibility index (Phi) is 5.10. The Morgan fingerprint density at radius 3 is 2.11 bits per heavy atom.